The number of rotatable bonds is 8. The molecular weight excluding hydrogens is 464 g/mol. The van der Waals surface area contributed by atoms with Crippen LogP contribution in [0.15, 0.2) is 76.9 Å². The molecule has 0 radical (unpaired) electrons. The van der Waals surface area contributed by atoms with Gasteiger partial charge in [-0.1, -0.05) is 54.2 Å². The maximum Gasteiger partial charge on any atom is 0.238 e. The van der Waals surface area contributed by atoms with Crippen molar-refractivity contribution in [3.05, 3.63) is 72.6 Å². The minimum absolute atomic E-state index is 0.0710. The minimum atomic E-state index is -3.70. The first-order chi connectivity index (χ1) is 15.4. The molecule has 2 heterocycles. The van der Waals surface area contributed by atoms with E-state index in [0.717, 1.165) is 31.2 Å². The summed E-state index contributed by atoms with van der Waals surface area (Å²) >= 11 is 2.98. The highest BCUT2D eigenvalue weighted by Crippen LogP contribution is 2.35. The number of thiophene rings is 1. The van der Waals surface area contributed by atoms with Crippen molar-refractivity contribution in [2.75, 3.05) is 12.3 Å². The van der Waals surface area contributed by atoms with Crippen molar-refractivity contribution in [2.24, 2.45) is 5.14 Å². The highest BCUT2D eigenvalue weighted by molar-refractivity contribution is 8.00. The summed E-state index contributed by atoms with van der Waals surface area (Å²) in [4.78, 5) is 23.1. The number of nitrogens with zero attached hydrogens (tertiary/aromatic N) is 2. The molecule has 0 aliphatic carbocycles. The highest BCUT2D eigenvalue weighted by Gasteiger charge is 2.12. The highest BCUT2D eigenvalue weighted by atomic mass is 32.2. The second-order valence-corrected chi connectivity index (χ2v) is 10.5. The Kier molecular flexibility index (Phi) is 6.85. The van der Waals surface area contributed by atoms with E-state index in [1.54, 1.807) is 23.5 Å². The van der Waals surface area contributed by atoms with Gasteiger partial charge in [-0.05, 0) is 35.7 Å². The zero-order valence-electron chi connectivity index (χ0n) is 16.9. The molecule has 4 aromatic rings. The number of amides is 1. The molecule has 0 atom stereocenters. The molecule has 0 bridgehead atoms. The van der Waals surface area contributed by atoms with Gasteiger partial charge < -0.3 is 5.32 Å². The molecule has 0 saturated heterocycles. The maximum atomic E-state index is 12.3. The van der Waals surface area contributed by atoms with Crippen LogP contribution in [0.3, 0.4) is 0 Å². The number of nitrogens with one attached hydrogen (secondary N) is 1. The SMILES string of the molecule is NS(=O)(=O)c1ccc(CCNC(=O)CSc2ncnc3sc(-c4ccccc4)cc23)cc1. The lowest BCUT2D eigenvalue weighted by Gasteiger charge is -2.06. The number of carbonyl (C=O) groups is 1. The van der Waals surface area contributed by atoms with Gasteiger partial charge in [-0.25, -0.2) is 23.5 Å². The second kappa shape index (κ2) is 9.78. The molecule has 0 fully saturated rings. The lowest BCUT2D eigenvalue weighted by molar-refractivity contribution is -0.118. The number of benzene rings is 2. The molecule has 0 saturated carbocycles. The van der Waals surface area contributed by atoms with Gasteiger partial charge in [-0.15, -0.1) is 11.3 Å². The van der Waals surface area contributed by atoms with Gasteiger partial charge in [0.15, 0.2) is 0 Å². The molecule has 32 heavy (non-hydrogen) atoms. The molecule has 1 amide bonds. The Morgan fingerprint density at radius 1 is 1.06 bits per heavy atom. The van der Waals surface area contributed by atoms with Crippen molar-refractivity contribution in [1.82, 2.24) is 15.3 Å². The molecule has 0 aliphatic heterocycles. The average Bonchev–Trinajstić information content (AvgIpc) is 3.23. The van der Waals surface area contributed by atoms with E-state index >= 15 is 0 Å². The van der Waals surface area contributed by atoms with Crippen LogP contribution in [0, 0.1) is 0 Å². The van der Waals surface area contributed by atoms with Crippen LogP contribution in [0.2, 0.25) is 0 Å². The predicted molar refractivity (Wildman–Crippen MR) is 128 cm³/mol. The summed E-state index contributed by atoms with van der Waals surface area (Å²) < 4.78 is 22.6. The van der Waals surface area contributed by atoms with E-state index in [1.807, 2.05) is 18.2 Å². The Morgan fingerprint density at radius 2 is 1.81 bits per heavy atom. The van der Waals surface area contributed by atoms with Crippen LogP contribution in [0.5, 0.6) is 0 Å². The number of thioether (sulfide) groups is 1. The first-order valence-corrected chi connectivity index (χ1v) is 13.1. The summed E-state index contributed by atoms with van der Waals surface area (Å²) in [5, 5.41) is 9.71. The summed E-state index contributed by atoms with van der Waals surface area (Å²) in [5.41, 5.74) is 2.04. The van der Waals surface area contributed by atoms with Crippen LogP contribution in [0.4, 0.5) is 0 Å². The van der Waals surface area contributed by atoms with Gasteiger partial charge in [0.05, 0.1) is 10.6 Å². The van der Waals surface area contributed by atoms with E-state index in [4.69, 9.17) is 5.14 Å². The molecule has 0 unspecified atom stereocenters. The normalized spacial score (nSPS) is 11.5. The van der Waals surface area contributed by atoms with Gasteiger partial charge in [0.25, 0.3) is 0 Å². The van der Waals surface area contributed by atoms with E-state index in [-0.39, 0.29) is 16.6 Å². The van der Waals surface area contributed by atoms with Gasteiger partial charge in [-0.2, -0.15) is 0 Å². The van der Waals surface area contributed by atoms with Crippen molar-refractivity contribution in [3.8, 4) is 10.4 Å². The van der Waals surface area contributed by atoms with E-state index in [9.17, 15) is 13.2 Å². The number of carbonyl (C=O) groups excluding carboxylic acids is 1. The predicted octanol–water partition coefficient (Wildman–Crippen LogP) is 3.46. The first-order valence-electron chi connectivity index (χ1n) is 9.71. The average molecular weight is 485 g/mol. The summed E-state index contributed by atoms with van der Waals surface area (Å²) in [6.07, 6.45) is 2.11. The fraction of sp³-hybridized carbons (Fsp3) is 0.136. The third-order valence-electron chi connectivity index (χ3n) is 4.68. The number of nitrogens with two attached hydrogens (primary N) is 1. The molecule has 2 aromatic heterocycles. The summed E-state index contributed by atoms with van der Waals surface area (Å²) in [7, 11) is -3.70. The fourth-order valence-corrected chi connectivity index (χ4v) is 5.46. The van der Waals surface area contributed by atoms with Gasteiger partial charge in [0, 0.05) is 16.8 Å². The second-order valence-electron chi connectivity index (χ2n) is 6.95. The number of hydrogen-bond acceptors (Lipinski definition) is 7. The zero-order valence-corrected chi connectivity index (χ0v) is 19.3. The Labute approximate surface area is 194 Å². The smallest absolute Gasteiger partial charge is 0.238 e. The van der Waals surface area contributed by atoms with Crippen molar-refractivity contribution in [3.63, 3.8) is 0 Å². The molecular formula is C22H20N4O3S3. The van der Waals surface area contributed by atoms with E-state index < -0.39 is 10.0 Å². The van der Waals surface area contributed by atoms with Crippen LogP contribution in [-0.2, 0) is 21.2 Å². The standard InChI is InChI=1S/C22H20N4O3S3/c23-32(28,29)17-8-6-15(7-9-17)10-11-24-20(27)13-30-21-18-12-19(16-4-2-1-3-5-16)31-22(18)26-14-25-21/h1-9,12,14H,10-11,13H2,(H,24,27)(H2,23,28,29). The quantitative estimate of drug-likeness (QED) is 0.292. The minimum Gasteiger partial charge on any atom is -0.355 e. The monoisotopic (exact) mass is 484 g/mol. The third-order valence-corrected chi connectivity index (χ3v) is 7.71. The van der Waals surface area contributed by atoms with Crippen LogP contribution < -0.4 is 10.5 Å². The van der Waals surface area contributed by atoms with Crippen molar-refractivity contribution in [1.29, 1.82) is 0 Å². The molecule has 0 spiro atoms. The molecule has 2 aromatic carbocycles. The van der Waals surface area contributed by atoms with Crippen LogP contribution in [0.25, 0.3) is 20.7 Å². The molecule has 3 N–H and O–H groups in total. The summed E-state index contributed by atoms with van der Waals surface area (Å²) in [5.74, 6) is 0.147. The van der Waals surface area contributed by atoms with Crippen molar-refractivity contribution >= 4 is 49.2 Å². The van der Waals surface area contributed by atoms with Crippen LogP contribution in [-0.4, -0.2) is 36.6 Å². The number of aromatic nitrogens is 2. The maximum absolute atomic E-state index is 12.3. The molecule has 4 rings (SSSR count). The first kappa shape index (κ1) is 22.4. The lowest BCUT2D eigenvalue weighted by Crippen LogP contribution is -2.27. The van der Waals surface area contributed by atoms with E-state index in [0.29, 0.717) is 13.0 Å². The lowest BCUT2D eigenvalue weighted by atomic mass is 10.1. The van der Waals surface area contributed by atoms with Crippen molar-refractivity contribution in [2.45, 2.75) is 16.3 Å². The molecule has 10 heteroatoms. The van der Waals surface area contributed by atoms with Gasteiger partial charge in [0.2, 0.25) is 15.9 Å². The Hall–Kier alpha value is -2.79. The number of sulfonamides is 1. The van der Waals surface area contributed by atoms with Gasteiger partial charge in [-0.3, -0.25) is 4.79 Å². The fourth-order valence-electron chi connectivity index (χ4n) is 3.07. The topological polar surface area (TPSA) is 115 Å². The van der Waals surface area contributed by atoms with Crippen LogP contribution >= 0.6 is 23.1 Å². The van der Waals surface area contributed by atoms with Gasteiger partial charge in [0.1, 0.15) is 16.2 Å². The largest absolute Gasteiger partial charge is 0.355 e. The van der Waals surface area contributed by atoms with E-state index in [2.05, 4.69) is 33.5 Å². The Bertz CT molecular complexity index is 1340. The number of fused-ring (bicyclic) bond motifs is 1. The van der Waals surface area contributed by atoms with Crippen molar-refractivity contribution < 1.29 is 13.2 Å². The summed E-state index contributed by atoms with van der Waals surface area (Å²) in [6.45, 7) is 0.448. The Balaban J connectivity index is 1.32. The zero-order chi connectivity index (χ0) is 22.6. The van der Waals surface area contributed by atoms with Crippen LogP contribution in [0.1, 0.15) is 5.56 Å². The summed E-state index contributed by atoms with van der Waals surface area (Å²) in [6, 6.07) is 18.5. The molecule has 164 valence electrons. The van der Waals surface area contributed by atoms with E-state index in [1.165, 1.54) is 30.2 Å². The number of hydrogen-bond donors (Lipinski definition) is 2. The number of primary sulfonamides is 1. The molecule has 7 nitrogen and oxygen atoms in total. The van der Waals surface area contributed by atoms with Gasteiger partial charge >= 0.3 is 0 Å². The molecule has 0 aliphatic rings. The third kappa shape index (κ3) is 5.52. The Morgan fingerprint density at radius 3 is 2.53 bits per heavy atom.